The Morgan fingerprint density at radius 1 is 1.10 bits per heavy atom. The number of aryl methyl sites for hydroxylation is 1. The third kappa shape index (κ3) is 3.60. The van der Waals surface area contributed by atoms with E-state index in [1.54, 1.807) is 36.0 Å². The Morgan fingerprint density at radius 3 is 2.29 bits per heavy atom. The molecular formula is C17H16ClNOS. The molecule has 2 nitrogen and oxygen atoms in total. The Morgan fingerprint density at radius 2 is 1.71 bits per heavy atom. The summed E-state index contributed by atoms with van der Waals surface area (Å²) in [5.41, 5.74) is 1.89. The normalized spacial score (nSPS) is 15.5. The Balaban J connectivity index is 1.67. The summed E-state index contributed by atoms with van der Waals surface area (Å²) in [6.45, 7) is 2.07. The van der Waals surface area contributed by atoms with Crippen LogP contribution >= 0.6 is 23.4 Å². The van der Waals surface area contributed by atoms with Crippen LogP contribution in [0.3, 0.4) is 0 Å². The number of halogens is 1. The standard InChI is InChI=1S/C17H16ClNOS/c1-12-2-8-15(9-3-12)21-17(10-11-17)19-16(20)13-4-6-14(18)7-5-13/h2-9H,10-11H2,1H3,(H,19,20). The first-order valence-electron chi connectivity index (χ1n) is 6.90. The van der Waals surface area contributed by atoms with Gasteiger partial charge in [0.05, 0.1) is 4.87 Å². The molecule has 0 bridgehead atoms. The molecule has 1 aliphatic rings. The number of carbonyl (C=O) groups is 1. The number of hydrogen-bond acceptors (Lipinski definition) is 2. The van der Waals surface area contributed by atoms with Crippen molar-refractivity contribution in [2.45, 2.75) is 29.5 Å². The molecule has 0 aliphatic heterocycles. The summed E-state index contributed by atoms with van der Waals surface area (Å²) >= 11 is 7.58. The van der Waals surface area contributed by atoms with Crippen molar-refractivity contribution >= 4 is 29.3 Å². The summed E-state index contributed by atoms with van der Waals surface area (Å²) in [6, 6.07) is 15.4. The van der Waals surface area contributed by atoms with Crippen molar-refractivity contribution in [3.63, 3.8) is 0 Å². The second-order valence-electron chi connectivity index (χ2n) is 5.37. The topological polar surface area (TPSA) is 29.1 Å². The van der Waals surface area contributed by atoms with E-state index in [1.165, 1.54) is 10.5 Å². The van der Waals surface area contributed by atoms with E-state index >= 15 is 0 Å². The molecule has 4 heteroatoms. The summed E-state index contributed by atoms with van der Waals surface area (Å²) < 4.78 is 0. The molecule has 108 valence electrons. The third-order valence-corrected chi connectivity index (χ3v) is 5.15. The average molecular weight is 318 g/mol. The summed E-state index contributed by atoms with van der Waals surface area (Å²) in [4.78, 5) is 13.3. The van der Waals surface area contributed by atoms with Gasteiger partial charge in [0.1, 0.15) is 0 Å². The van der Waals surface area contributed by atoms with Crippen LogP contribution in [-0.2, 0) is 0 Å². The minimum absolute atomic E-state index is 0.0382. The number of rotatable bonds is 4. The van der Waals surface area contributed by atoms with Gasteiger partial charge in [0.2, 0.25) is 0 Å². The fraction of sp³-hybridized carbons (Fsp3) is 0.235. The molecule has 1 saturated carbocycles. The van der Waals surface area contributed by atoms with Crippen LogP contribution < -0.4 is 5.32 Å². The highest BCUT2D eigenvalue weighted by Crippen LogP contribution is 2.49. The Kier molecular flexibility index (Phi) is 3.96. The van der Waals surface area contributed by atoms with E-state index in [0.29, 0.717) is 10.6 Å². The number of benzene rings is 2. The monoisotopic (exact) mass is 317 g/mol. The number of hydrogen-bond donors (Lipinski definition) is 1. The molecule has 21 heavy (non-hydrogen) atoms. The molecule has 1 aliphatic carbocycles. The molecule has 2 aromatic rings. The summed E-state index contributed by atoms with van der Waals surface area (Å²) in [5.74, 6) is -0.0382. The van der Waals surface area contributed by atoms with E-state index in [1.807, 2.05) is 0 Å². The number of amides is 1. The SMILES string of the molecule is Cc1ccc(SC2(NC(=O)c3ccc(Cl)cc3)CC2)cc1. The number of carbonyl (C=O) groups excluding carboxylic acids is 1. The lowest BCUT2D eigenvalue weighted by molar-refractivity contribution is 0.0946. The maximum atomic E-state index is 12.3. The first-order valence-corrected chi connectivity index (χ1v) is 8.10. The van der Waals surface area contributed by atoms with E-state index in [2.05, 4.69) is 36.5 Å². The molecule has 1 fully saturated rings. The highest BCUT2D eigenvalue weighted by molar-refractivity contribution is 8.01. The molecule has 0 aromatic heterocycles. The van der Waals surface area contributed by atoms with Gasteiger partial charge in [0.15, 0.2) is 0 Å². The van der Waals surface area contributed by atoms with Crippen LogP contribution in [0, 0.1) is 6.92 Å². The zero-order valence-corrected chi connectivity index (χ0v) is 13.3. The fourth-order valence-corrected chi connectivity index (χ4v) is 3.38. The zero-order chi connectivity index (χ0) is 14.9. The molecule has 0 radical (unpaired) electrons. The summed E-state index contributed by atoms with van der Waals surface area (Å²) in [7, 11) is 0. The van der Waals surface area contributed by atoms with Crippen LogP contribution in [0.4, 0.5) is 0 Å². The predicted molar refractivity (Wildman–Crippen MR) is 87.9 cm³/mol. The molecule has 0 saturated heterocycles. The third-order valence-electron chi connectivity index (χ3n) is 3.49. The second-order valence-corrected chi connectivity index (χ2v) is 7.26. The molecule has 0 heterocycles. The maximum Gasteiger partial charge on any atom is 0.252 e. The molecule has 1 N–H and O–H groups in total. The van der Waals surface area contributed by atoms with E-state index in [9.17, 15) is 4.79 Å². The van der Waals surface area contributed by atoms with Gasteiger partial charge in [-0.3, -0.25) is 4.79 Å². The number of thioether (sulfide) groups is 1. The van der Waals surface area contributed by atoms with Crippen molar-refractivity contribution < 1.29 is 4.79 Å². The Bertz CT molecular complexity index is 647. The van der Waals surface area contributed by atoms with Gasteiger partial charge >= 0.3 is 0 Å². The van der Waals surface area contributed by atoms with Gasteiger partial charge in [-0.15, -0.1) is 0 Å². The average Bonchev–Trinajstić information content (AvgIpc) is 3.21. The molecular weight excluding hydrogens is 302 g/mol. The van der Waals surface area contributed by atoms with Gasteiger partial charge in [-0.2, -0.15) is 0 Å². The smallest absolute Gasteiger partial charge is 0.252 e. The lowest BCUT2D eigenvalue weighted by Crippen LogP contribution is -2.34. The van der Waals surface area contributed by atoms with Gasteiger partial charge in [0, 0.05) is 15.5 Å². The first kappa shape index (κ1) is 14.5. The summed E-state index contributed by atoms with van der Waals surface area (Å²) in [5, 5.41) is 3.79. The zero-order valence-electron chi connectivity index (χ0n) is 11.7. The van der Waals surface area contributed by atoms with Crippen LogP contribution in [-0.4, -0.2) is 10.8 Å². The minimum atomic E-state index is -0.147. The van der Waals surface area contributed by atoms with E-state index in [4.69, 9.17) is 11.6 Å². The number of nitrogens with one attached hydrogen (secondary N) is 1. The Hall–Kier alpha value is -1.45. The molecule has 3 rings (SSSR count). The largest absolute Gasteiger partial charge is 0.337 e. The van der Waals surface area contributed by atoms with Crippen LogP contribution in [0.1, 0.15) is 28.8 Å². The summed E-state index contributed by atoms with van der Waals surface area (Å²) in [6.07, 6.45) is 2.01. The quantitative estimate of drug-likeness (QED) is 0.831. The molecule has 2 aromatic carbocycles. The highest BCUT2D eigenvalue weighted by Gasteiger charge is 2.45. The van der Waals surface area contributed by atoms with Crippen molar-refractivity contribution in [3.8, 4) is 0 Å². The van der Waals surface area contributed by atoms with Gasteiger partial charge in [-0.1, -0.05) is 41.1 Å². The van der Waals surface area contributed by atoms with E-state index < -0.39 is 0 Å². The van der Waals surface area contributed by atoms with Crippen molar-refractivity contribution in [2.24, 2.45) is 0 Å². The van der Waals surface area contributed by atoms with E-state index in [0.717, 1.165) is 12.8 Å². The van der Waals surface area contributed by atoms with Crippen molar-refractivity contribution in [3.05, 3.63) is 64.7 Å². The van der Waals surface area contributed by atoms with Gasteiger partial charge in [0.25, 0.3) is 5.91 Å². The second kappa shape index (κ2) is 5.74. The molecule has 1 amide bonds. The van der Waals surface area contributed by atoms with Crippen LogP contribution in [0.2, 0.25) is 5.02 Å². The van der Waals surface area contributed by atoms with Crippen molar-refractivity contribution in [2.75, 3.05) is 0 Å². The minimum Gasteiger partial charge on any atom is -0.337 e. The van der Waals surface area contributed by atoms with Crippen LogP contribution in [0.5, 0.6) is 0 Å². The van der Waals surface area contributed by atoms with Crippen LogP contribution in [0.15, 0.2) is 53.4 Å². The first-order chi connectivity index (χ1) is 10.1. The van der Waals surface area contributed by atoms with E-state index in [-0.39, 0.29) is 10.8 Å². The Labute approximate surface area is 133 Å². The molecule has 0 unspecified atom stereocenters. The maximum absolute atomic E-state index is 12.3. The van der Waals surface area contributed by atoms with Gasteiger partial charge in [-0.25, -0.2) is 0 Å². The molecule has 0 atom stereocenters. The van der Waals surface area contributed by atoms with Crippen molar-refractivity contribution in [1.82, 2.24) is 5.32 Å². The lowest BCUT2D eigenvalue weighted by atomic mass is 10.2. The highest BCUT2D eigenvalue weighted by atomic mass is 35.5. The van der Waals surface area contributed by atoms with Gasteiger partial charge in [-0.05, 0) is 56.2 Å². The van der Waals surface area contributed by atoms with Crippen LogP contribution in [0.25, 0.3) is 0 Å². The molecule has 0 spiro atoms. The van der Waals surface area contributed by atoms with Crippen molar-refractivity contribution in [1.29, 1.82) is 0 Å². The van der Waals surface area contributed by atoms with Gasteiger partial charge < -0.3 is 5.32 Å². The lowest BCUT2D eigenvalue weighted by Gasteiger charge is -2.17. The fourth-order valence-electron chi connectivity index (χ4n) is 2.08. The predicted octanol–water partition coefficient (Wildman–Crippen LogP) is 4.66.